The predicted molar refractivity (Wildman–Crippen MR) is 87.9 cm³/mol. The summed E-state index contributed by atoms with van der Waals surface area (Å²) in [5.74, 6) is 1.93. The molecule has 1 fully saturated rings. The Hall–Kier alpha value is -1.84. The van der Waals surface area contributed by atoms with E-state index in [2.05, 4.69) is 0 Å². The van der Waals surface area contributed by atoms with Crippen molar-refractivity contribution in [3.63, 3.8) is 0 Å². The van der Waals surface area contributed by atoms with Gasteiger partial charge < -0.3 is 15.6 Å². The summed E-state index contributed by atoms with van der Waals surface area (Å²) in [5.41, 5.74) is 7.19. The van der Waals surface area contributed by atoms with Crippen molar-refractivity contribution in [3.05, 3.63) is 60.2 Å². The van der Waals surface area contributed by atoms with E-state index in [0.717, 1.165) is 29.9 Å². The Kier molecular flexibility index (Phi) is 4.76. The van der Waals surface area contributed by atoms with Gasteiger partial charge in [0.15, 0.2) is 0 Å². The molecule has 0 amide bonds. The van der Waals surface area contributed by atoms with Crippen LogP contribution in [-0.2, 0) is 0 Å². The zero-order valence-corrected chi connectivity index (χ0v) is 12.7. The van der Waals surface area contributed by atoms with Crippen molar-refractivity contribution < 1.29 is 9.84 Å². The molecule has 0 unspecified atom stereocenters. The number of para-hydroxylation sites is 1. The molecule has 0 aromatic heterocycles. The zero-order chi connectivity index (χ0) is 15.4. The molecule has 2 aromatic rings. The molecular formula is C19H23NO2. The van der Waals surface area contributed by atoms with Crippen molar-refractivity contribution in [3.8, 4) is 11.5 Å². The van der Waals surface area contributed by atoms with Gasteiger partial charge in [0.2, 0.25) is 0 Å². The van der Waals surface area contributed by atoms with Crippen LogP contribution in [0.3, 0.4) is 0 Å². The van der Waals surface area contributed by atoms with Crippen LogP contribution in [0.5, 0.6) is 11.5 Å². The van der Waals surface area contributed by atoms with Crippen LogP contribution in [0.1, 0.15) is 37.3 Å². The molecule has 3 nitrogen and oxygen atoms in total. The SMILES string of the molecule is N[C@@H](c1ccc(Oc2ccccc2)cc1)[C@H](O)C1CCCC1. The molecule has 0 saturated heterocycles. The van der Waals surface area contributed by atoms with Gasteiger partial charge in [0.1, 0.15) is 11.5 Å². The van der Waals surface area contributed by atoms with Gasteiger partial charge in [0, 0.05) is 0 Å². The Labute approximate surface area is 131 Å². The fourth-order valence-corrected chi connectivity index (χ4v) is 3.17. The third-order valence-corrected chi connectivity index (χ3v) is 4.49. The van der Waals surface area contributed by atoms with Crippen LogP contribution in [0.4, 0.5) is 0 Å². The maximum atomic E-state index is 10.4. The van der Waals surface area contributed by atoms with Crippen LogP contribution in [0.2, 0.25) is 0 Å². The van der Waals surface area contributed by atoms with Crippen LogP contribution in [-0.4, -0.2) is 11.2 Å². The summed E-state index contributed by atoms with van der Waals surface area (Å²) in [5, 5.41) is 10.4. The quantitative estimate of drug-likeness (QED) is 0.876. The molecule has 0 bridgehead atoms. The Balaban J connectivity index is 1.65. The number of aliphatic hydroxyl groups excluding tert-OH is 1. The van der Waals surface area contributed by atoms with Gasteiger partial charge in [-0.2, -0.15) is 0 Å². The highest BCUT2D eigenvalue weighted by molar-refractivity contribution is 5.34. The lowest BCUT2D eigenvalue weighted by molar-refractivity contribution is 0.0845. The van der Waals surface area contributed by atoms with E-state index >= 15 is 0 Å². The van der Waals surface area contributed by atoms with Gasteiger partial charge in [-0.25, -0.2) is 0 Å². The molecule has 0 heterocycles. The van der Waals surface area contributed by atoms with E-state index in [1.807, 2.05) is 54.6 Å². The molecule has 0 radical (unpaired) electrons. The van der Waals surface area contributed by atoms with Crippen molar-refractivity contribution in [1.82, 2.24) is 0 Å². The molecule has 2 aromatic carbocycles. The average molecular weight is 297 g/mol. The van der Waals surface area contributed by atoms with Gasteiger partial charge >= 0.3 is 0 Å². The number of ether oxygens (including phenoxy) is 1. The Bertz CT molecular complexity index is 576. The highest BCUT2D eigenvalue weighted by atomic mass is 16.5. The second-order valence-electron chi connectivity index (χ2n) is 6.05. The summed E-state index contributed by atoms with van der Waals surface area (Å²) >= 11 is 0. The molecule has 1 aliphatic rings. The molecule has 1 saturated carbocycles. The van der Waals surface area contributed by atoms with Gasteiger partial charge in [0.25, 0.3) is 0 Å². The first kappa shape index (κ1) is 15.1. The van der Waals surface area contributed by atoms with Crippen LogP contribution < -0.4 is 10.5 Å². The van der Waals surface area contributed by atoms with E-state index < -0.39 is 6.10 Å². The molecule has 3 N–H and O–H groups in total. The normalized spacial score (nSPS) is 18.1. The molecule has 116 valence electrons. The highest BCUT2D eigenvalue weighted by Gasteiger charge is 2.28. The topological polar surface area (TPSA) is 55.5 Å². The Morgan fingerprint density at radius 2 is 1.50 bits per heavy atom. The molecule has 0 spiro atoms. The van der Waals surface area contributed by atoms with E-state index in [0.29, 0.717) is 5.92 Å². The van der Waals surface area contributed by atoms with Gasteiger partial charge in [-0.1, -0.05) is 43.2 Å². The fourth-order valence-electron chi connectivity index (χ4n) is 3.17. The second kappa shape index (κ2) is 6.95. The van der Waals surface area contributed by atoms with Crippen molar-refractivity contribution in [2.45, 2.75) is 37.8 Å². The minimum Gasteiger partial charge on any atom is -0.457 e. The maximum absolute atomic E-state index is 10.4. The van der Waals surface area contributed by atoms with Gasteiger partial charge in [-0.05, 0) is 48.6 Å². The second-order valence-corrected chi connectivity index (χ2v) is 6.05. The van der Waals surface area contributed by atoms with Crippen LogP contribution in [0.15, 0.2) is 54.6 Å². The standard InChI is InChI=1S/C19H23NO2/c20-18(19(21)15-6-4-5-7-15)14-10-12-17(13-11-14)22-16-8-2-1-3-9-16/h1-3,8-13,15,18-19,21H,4-7,20H2/t18-,19+/m0/s1. The van der Waals surface area contributed by atoms with Crippen LogP contribution in [0, 0.1) is 5.92 Å². The van der Waals surface area contributed by atoms with E-state index in [4.69, 9.17) is 10.5 Å². The number of hydrogen-bond donors (Lipinski definition) is 2. The van der Waals surface area contributed by atoms with Crippen molar-refractivity contribution in [2.75, 3.05) is 0 Å². The number of nitrogens with two attached hydrogens (primary N) is 1. The largest absolute Gasteiger partial charge is 0.457 e. The molecular weight excluding hydrogens is 274 g/mol. The average Bonchev–Trinajstić information content (AvgIpc) is 3.10. The highest BCUT2D eigenvalue weighted by Crippen LogP contribution is 2.33. The first-order valence-electron chi connectivity index (χ1n) is 8.00. The monoisotopic (exact) mass is 297 g/mol. The smallest absolute Gasteiger partial charge is 0.127 e. The maximum Gasteiger partial charge on any atom is 0.127 e. The summed E-state index contributed by atoms with van der Waals surface area (Å²) in [4.78, 5) is 0. The lowest BCUT2D eigenvalue weighted by Gasteiger charge is -2.24. The molecule has 3 rings (SSSR count). The fraction of sp³-hybridized carbons (Fsp3) is 0.368. The minimum atomic E-state index is -0.455. The Morgan fingerprint density at radius 3 is 2.14 bits per heavy atom. The third kappa shape index (κ3) is 3.49. The van der Waals surface area contributed by atoms with Crippen molar-refractivity contribution in [1.29, 1.82) is 0 Å². The number of hydrogen-bond acceptors (Lipinski definition) is 3. The van der Waals surface area contributed by atoms with Crippen molar-refractivity contribution >= 4 is 0 Å². The van der Waals surface area contributed by atoms with Crippen molar-refractivity contribution in [2.24, 2.45) is 11.7 Å². The van der Waals surface area contributed by atoms with E-state index in [-0.39, 0.29) is 6.04 Å². The summed E-state index contributed by atoms with van der Waals surface area (Å²) in [6.45, 7) is 0. The lowest BCUT2D eigenvalue weighted by atomic mass is 9.91. The number of benzene rings is 2. The van der Waals surface area contributed by atoms with Gasteiger partial charge in [-0.3, -0.25) is 0 Å². The van der Waals surface area contributed by atoms with E-state index in [1.54, 1.807) is 0 Å². The van der Waals surface area contributed by atoms with Crippen LogP contribution >= 0.6 is 0 Å². The van der Waals surface area contributed by atoms with E-state index in [1.165, 1.54) is 12.8 Å². The summed E-state index contributed by atoms with van der Waals surface area (Å²) in [6, 6.07) is 17.1. The summed E-state index contributed by atoms with van der Waals surface area (Å²) < 4.78 is 5.77. The minimum absolute atomic E-state index is 0.325. The van der Waals surface area contributed by atoms with Gasteiger partial charge in [-0.15, -0.1) is 0 Å². The molecule has 2 atom stereocenters. The first-order chi connectivity index (χ1) is 10.7. The Morgan fingerprint density at radius 1 is 0.909 bits per heavy atom. The van der Waals surface area contributed by atoms with Gasteiger partial charge in [0.05, 0.1) is 12.1 Å². The molecule has 0 aliphatic heterocycles. The third-order valence-electron chi connectivity index (χ3n) is 4.49. The molecule has 22 heavy (non-hydrogen) atoms. The van der Waals surface area contributed by atoms with E-state index in [9.17, 15) is 5.11 Å². The molecule has 3 heteroatoms. The molecule has 1 aliphatic carbocycles. The summed E-state index contributed by atoms with van der Waals surface area (Å²) in [6.07, 6.45) is 4.13. The summed E-state index contributed by atoms with van der Waals surface area (Å²) in [7, 11) is 0. The lowest BCUT2D eigenvalue weighted by Crippen LogP contribution is -2.31. The zero-order valence-electron chi connectivity index (χ0n) is 12.7. The first-order valence-corrected chi connectivity index (χ1v) is 8.00. The van der Waals surface area contributed by atoms with Crippen LogP contribution in [0.25, 0.3) is 0 Å². The number of aliphatic hydroxyl groups is 1. The predicted octanol–water partition coefficient (Wildman–Crippen LogP) is 4.03. The number of rotatable bonds is 5.